The average molecular weight is 156 g/mol. The van der Waals surface area contributed by atoms with E-state index >= 15 is 0 Å². The third kappa shape index (κ3) is 2.89. The monoisotopic (exact) mass is 156 g/mol. The fourth-order valence-corrected chi connectivity index (χ4v) is 1.07. The molecule has 1 saturated heterocycles. The van der Waals surface area contributed by atoms with Crippen LogP contribution in [-0.4, -0.2) is 37.0 Å². The van der Waals surface area contributed by atoms with Gasteiger partial charge in [0.25, 0.3) is 0 Å². The standard InChI is InChI=1S/C8H16N2O/c1-3-9-8(11)7(2)6-10-4-5-10/h7H,3-6H2,1-2H3,(H,9,11). The second-order valence-electron chi connectivity index (χ2n) is 3.10. The summed E-state index contributed by atoms with van der Waals surface area (Å²) in [5.74, 6) is 0.330. The van der Waals surface area contributed by atoms with Gasteiger partial charge in [-0.25, -0.2) is 0 Å². The van der Waals surface area contributed by atoms with E-state index in [4.69, 9.17) is 0 Å². The number of hydrogen-bond acceptors (Lipinski definition) is 2. The van der Waals surface area contributed by atoms with E-state index in [1.165, 1.54) is 13.1 Å². The molecule has 64 valence electrons. The van der Waals surface area contributed by atoms with Crippen LogP contribution in [0.1, 0.15) is 13.8 Å². The fourth-order valence-electron chi connectivity index (χ4n) is 1.07. The Bertz CT molecular complexity index is 143. The predicted molar refractivity (Wildman–Crippen MR) is 44.3 cm³/mol. The Morgan fingerprint density at radius 3 is 2.73 bits per heavy atom. The van der Waals surface area contributed by atoms with Gasteiger partial charge in [-0.3, -0.25) is 4.79 Å². The molecule has 3 nitrogen and oxygen atoms in total. The zero-order valence-electron chi connectivity index (χ0n) is 7.26. The van der Waals surface area contributed by atoms with E-state index in [0.717, 1.165) is 13.1 Å². The molecular weight excluding hydrogens is 140 g/mol. The molecule has 1 fully saturated rings. The molecule has 0 aromatic carbocycles. The topological polar surface area (TPSA) is 32.1 Å². The summed E-state index contributed by atoms with van der Waals surface area (Å²) < 4.78 is 0. The molecule has 1 atom stereocenters. The highest BCUT2D eigenvalue weighted by atomic mass is 16.1. The van der Waals surface area contributed by atoms with Gasteiger partial charge in [-0.05, 0) is 6.92 Å². The minimum atomic E-state index is 0.150. The van der Waals surface area contributed by atoms with E-state index in [9.17, 15) is 4.79 Å². The second-order valence-corrected chi connectivity index (χ2v) is 3.10. The van der Waals surface area contributed by atoms with Crippen LogP contribution in [0, 0.1) is 5.92 Å². The second kappa shape index (κ2) is 3.72. The summed E-state index contributed by atoms with van der Waals surface area (Å²) in [4.78, 5) is 13.4. The summed E-state index contributed by atoms with van der Waals surface area (Å²) in [6.45, 7) is 7.92. The molecule has 1 unspecified atom stereocenters. The highest BCUT2D eigenvalue weighted by molar-refractivity contribution is 5.78. The lowest BCUT2D eigenvalue weighted by Gasteiger charge is -2.10. The third-order valence-electron chi connectivity index (χ3n) is 1.87. The third-order valence-corrected chi connectivity index (χ3v) is 1.87. The Labute approximate surface area is 67.8 Å². The van der Waals surface area contributed by atoms with Crippen LogP contribution in [0.25, 0.3) is 0 Å². The average Bonchev–Trinajstić information content (AvgIpc) is 2.72. The Kier molecular flexibility index (Phi) is 2.88. The van der Waals surface area contributed by atoms with Crippen LogP contribution in [0.5, 0.6) is 0 Å². The molecule has 1 N–H and O–H groups in total. The first-order valence-electron chi connectivity index (χ1n) is 4.24. The van der Waals surface area contributed by atoms with E-state index in [1.807, 2.05) is 13.8 Å². The van der Waals surface area contributed by atoms with Crippen molar-refractivity contribution in [3.8, 4) is 0 Å². The van der Waals surface area contributed by atoms with Crippen molar-refractivity contribution in [3.63, 3.8) is 0 Å². The molecule has 1 rings (SSSR count). The Hall–Kier alpha value is -0.570. The molecule has 0 aromatic rings. The Morgan fingerprint density at radius 1 is 1.64 bits per heavy atom. The number of nitrogens with one attached hydrogen (secondary N) is 1. The number of hydrogen-bond donors (Lipinski definition) is 1. The summed E-state index contributed by atoms with van der Waals surface area (Å²) in [5.41, 5.74) is 0. The van der Waals surface area contributed by atoms with E-state index < -0.39 is 0 Å². The largest absolute Gasteiger partial charge is 0.356 e. The van der Waals surface area contributed by atoms with Gasteiger partial charge < -0.3 is 10.2 Å². The number of rotatable bonds is 4. The summed E-state index contributed by atoms with van der Waals surface area (Å²) in [6, 6.07) is 0. The summed E-state index contributed by atoms with van der Waals surface area (Å²) in [7, 11) is 0. The van der Waals surface area contributed by atoms with Crippen molar-refractivity contribution in [1.29, 1.82) is 0 Å². The van der Waals surface area contributed by atoms with E-state index in [0.29, 0.717) is 0 Å². The molecule has 1 heterocycles. The Morgan fingerprint density at radius 2 is 2.27 bits per heavy atom. The zero-order valence-corrected chi connectivity index (χ0v) is 7.26. The first kappa shape index (κ1) is 8.53. The molecule has 1 aliphatic rings. The van der Waals surface area contributed by atoms with Gasteiger partial charge in [0.1, 0.15) is 0 Å². The van der Waals surface area contributed by atoms with Crippen LogP contribution in [0.4, 0.5) is 0 Å². The lowest BCUT2D eigenvalue weighted by molar-refractivity contribution is -0.124. The first-order chi connectivity index (χ1) is 5.24. The lowest BCUT2D eigenvalue weighted by atomic mass is 10.1. The van der Waals surface area contributed by atoms with Gasteiger partial charge in [-0.2, -0.15) is 0 Å². The molecule has 0 aromatic heterocycles. The normalized spacial score (nSPS) is 19.5. The van der Waals surface area contributed by atoms with Crippen molar-refractivity contribution in [1.82, 2.24) is 10.2 Å². The summed E-state index contributed by atoms with van der Waals surface area (Å²) in [6.07, 6.45) is 0. The van der Waals surface area contributed by atoms with Gasteiger partial charge >= 0.3 is 0 Å². The van der Waals surface area contributed by atoms with Crippen LogP contribution in [0.2, 0.25) is 0 Å². The maximum atomic E-state index is 11.2. The SMILES string of the molecule is CCNC(=O)C(C)CN1CC1. The van der Waals surface area contributed by atoms with Crippen LogP contribution >= 0.6 is 0 Å². The van der Waals surface area contributed by atoms with Crippen molar-refractivity contribution in [2.24, 2.45) is 5.92 Å². The van der Waals surface area contributed by atoms with Gasteiger partial charge in [0.05, 0.1) is 0 Å². The molecule has 1 aliphatic heterocycles. The van der Waals surface area contributed by atoms with Crippen molar-refractivity contribution < 1.29 is 4.79 Å². The summed E-state index contributed by atoms with van der Waals surface area (Å²) in [5, 5.41) is 2.81. The van der Waals surface area contributed by atoms with E-state index in [-0.39, 0.29) is 11.8 Å². The maximum absolute atomic E-state index is 11.2. The predicted octanol–water partition coefficient (Wildman–Crippen LogP) is 0.0742. The number of carbonyl (C=O) groups is 1. The Balaban J connectivity index is 2.15. The van der Waals surface area contributed by atoms with Crippen molar-refractivity contribution in [3.05, 3.63) is 0 Å². The van der Waals surface area contributed by atoms with Crippen LogP contribution in [0.3, 0.4) is 0 Å². The molecule has 0 saturated carbocycles. The minimum Gasteiger partial charge on any atom is -0.356 e. The van der Waals surface area contributed by atoms with Crippen LogP contribution in [-0.2, 0) is 4.79 Å². The van der Waals surface area contributed by atoms with Gasteiger partial charge in [-0.1, -0.05) is 6.92 Å². The maximum Gasteiger partial charge on any atom is 0.224 e. The van der Waals surface area contributed by atoms with Crippen molar-refractivity contribution in [2.75, 3.05) is 26.2 Å². The molecule has 1 amide bonds. The van der Waals surface area contributed by atoms with Crippen molar-refractivity contribution >= 4 is 5.91 Å². The van der Waals surface area contributed by atoms with E-state index in [2.05, 4.69) is 10.2 Å². The number of amides is 1. The number of nitrogens with zero attached hydrogens (tertiary/aromatic N) is 1. The van der Waals surface area contributed by atoms with E-state index in [1.54, 1.807) is 0 Å². The first-order valence-corrected chi connectivity index (χ1v) is 4.24. The highest BCUT2D eigenvalue weighted by Crippen LogP contribution is 2.07. The molecular formula is C8H16N2O. The smallest absolute Gasteiger partial charge is 0.224 e. The van der Waals surface area contributed by atoms with Gasteiger partial charge in [-0.15, -0.1) is 0 Å². The molecule has 3 heteroatoms. The zero-order chi connectivity index (χ0) is 8.27. The van der Waals surface area contributed by atoms with Gasteiger partial charge in [0.15, 0.2) is 0 Å². The van der Waals surface area contributed by atoms with Gasteiger partial charge in [0, 0.05) is 32.1 Å². The molecule has 0 radical (unpaired) electrons. The number of carbonyl (C=O) groups excluding carboxylic acids is 1. The molecule has 11 heavy (non-hydrogen) atoms. The van der Waals surface area contributed by atoms with Crippen LogP contribution in [0.15, 0.2) is 0 Å². The fraction of sp³-hybridized carbons (Fsp3) is 0.875. The molecule has 0 bridgehead atoms. The summed E-state index contributed by atoms with van der Waals surface area (Å²) >= 11 is 0. The quantitative estimate of drug-likeness (QED) is 0.584. The van der Waals surface area contributed by atoms with Crippen molar-refractivity contribution in [2.45, 2.75) is 13.8 Å². The van der Waals surface area contributed by atoms with Crippen LogP contribution < -0.4 is 5.32 Å². The minimum absolute atomic E-state index is 0.150. The van der Waals surface area contributed by atoms with Gasteiger partial charge in [0.2, 0.25) is 5.91 Å². The highest BCUT2D eigenvalue weighted by Gasteiger charge is 2.22. The lowest BCUT2D eigenvalue weighted by Crippen LogP contribution is -2.32. The molecule has 0 spiro atoms. The molecule has 0 aliphatic carbocycles.